The average Bonchev–Trinajstić information content (AvgIpc) is 3.60. The molecule has 1 aliphatic rings. The zero-order valence-corrected chi connectivity index (χ0v) is 17.2. The number of carbonyl (C=O) groups is 2. The van der Waals surface area contributed by atoms with Crippen LogP contribution in [0, 0.1) is 0 Å². The third-order valence-corrected chi connectivity index (χ3v) is 5.00. The third kappa shape index (κ3) is 5.68. The van der Waals surface area contributed by atoms with Crippen molar-refractivity contribution in [2.45, 2.75) is 38.1 Å². The number of alkyl halides is 3. The van der Waals surface area contributed by atoms with Crippen molar-refractivity contribution in [2.75, 3.05) is 14.2 Å². The zero-order valence-electron chi connectivity index (χ0n) is 17.2. The molecule has 0 heterocycles. The molecule has 2 amide bonds. The van der Waals surface area contributed by atoms with Crippen molar-refractivity contribution in [2.24, 2.45) is 0 Å². The Morgan fingerprint density at radius 1 is 1.06 bits per heavy atom. The molecule has 1 fully saturated rings. The number of urea groups is 1. The predicted molar refractivity (Wildman–Crippen MR) is 107 cm³/mol. The minimum atomic E-state index is -4.40. The van der Waals surface area contributed by atoms with E-state index in [0.29, 0.717) is 16.9 Å². The van der Waals surface area contributed by atoms with Gasteiger partial charge in [-0.2, -0.15) is 13.2 Å². The van der Waals surface area contributed by atoms with E-state index < -0.39 is 17.7 Å². The van der Waals surface area contributed by atoms with Crippen molar-refractivity contribution in [3.8, 4) is 5.75 Å². The molecule has 2 aromatic rings. The second-order valence-corrected chi connectivity index (χ2v) is 7.24. The van der Waals surface area contributed by atoms with Gasteiger partial charge in [-0.1, -0.05) is 18.2 Å². The lowest BCUT2D eigenvalue weighted by molar-refractivity contribution is -0.137. The molecule has 0 spiro atoms. The second kappa shape index (κ2) is 9.28. The van der Waals surface area contributed by atoms with Crippen LogP contribution in [0.2, 0.25) is 0 Å². The second-order valence-electron chi connectivity index (χ2n) is 7.24. The minimum absolute atomic E-state index is 0.0591. The lowest BCUT2D eigenvalue weighted by atomic mass is 10.1. The van der Waals surface area contributed by atoms with Gasteiger partial charge in [0.25, 0.3) is 0 Å². The molecule has 0 atom stereocenters. The molecule has 1 saturated carbocycles. The molecule has 0 bridgehead atoms. The molecule has 0 radical (unpaired) electrons. The smallest absolute Gasteiger partial charge is 0.416 e. The number of carbonyl (C=O) groups excluding carboxylic acids is 2. The number of esters is 1. The largest absolute Gasteiger partial charge is 0.496 e. The van der Waals surface area contributed by atoms with Crippen molar-refractivity contribution in [1.29, 1.82) is 0 Å². The fourth-order valence-electron chi connectivity index (χ4n) is 3.16. The van der Waals surface area contributed by atoms with Crippen LogP contribution in [-0.2, 0) is 24.0 Å². The van der Waals surface area contributed by atoms with Gasteiger partial charge in [0.2, 0.25) is 0 Å². The number of halogens is 3. The van der Waals surface area contributed by atoms with Gasteiger partial charge in [0.15, 0.2) is 0 Å². The molecule has 0 aliphatic heterocycles. The quantitative estimate of drug-likeness (QED) is 0.655. The fraction of sp³-hybridized carbons (Fsp3) is 0.364. The first-order chi connectivity index (χ1) is 14.7. The topological polar surface area (TPSA) is 67.9 Å². The van der Waals surface area contributed by atoms with Crippen LogP contribution in [-0.4, -0.2) is 37.2 Å². The van der Waals surface area contributed by atoms with E-state index in [2.05, 4.69) is 5.32 Å². The van der Waals surface area contributed by atoms with Crippen LogP contribution >= 0.6 is 0 Å². The summed E-state index contributed by atoms with van der Waals surface area (Å²) in [5.41, 5.74) is 0.826. The summed E-state index contributed by atoms with van der Waals surface area (Å²) in [6.45, 7) is 0.383. The number of benzene rings is 2. The van der Waals surface area contributed by atoms with Crippen molar-refractivity contribution < 1.29 is 32.2 Å². The van der Waals surface area contributed by atoms with E-state index in [0.717, 1.165) is 25.0 Å². The highest BCUT2D eigenvalue weighted by molar-refractivity contribution is 5.92. The number of nitrogens with one attached hydrogen (secondary N) is 1. The van der Waals surface area contributed by atoms with Gasteiger partial charge in [-0.15, -0.1) is 0 Å². The van der Waals surface area contributed by atoms with Crippen LogP contribution in [0.3, 0.4) is 0 Å². The molecular weight excluding hydrogens is 413 g/mol. The number of nitrogens with zero attached hydrogens (tertiary/aromatic N) is 1. The van der Waals surface area contributed by atoms with E-state index in [1.165, 1.54) is 26.4 Å². The van der Waals surface area contributed by atoms with E-state index in [4.69, 9.17) is 9.47 Å². The summed E-state index contributed by atoms with van der Waals surface area (Å²) in [6.07, 6.45) is -2.69. The number of rotatable bonds is 7. The van der Waals surface area contributed by atoms with Gasteiger partial charge >= 0.3 is 18.2 Å². The van der Waals surface area contributed by atoms with Gasteiger partial charge in [-0.3, -0.25) is 0 Å². The number of hydrogen-bond acceptors (Lipinski definition) is 4. The standard InChI is InChI=1S/C22H23F3N2O4/c1-30-19-10-5-15(11-18(19)20(28)31-2)12-26-21(29)27(17-8-9-17)13-14-3-6-16(7-4-14)22(23,24)25/h3-7,10-11,17H,8-9,12-13H2,1-2H3,(H,26,29). The molecule has 2 aromatic carbocycles. The molecule has 0 saturated heterocycles. The van der Waals surface area contributed by atoms with Crippen LogP contribution in [0.15, 0.2) is 42.5 Å². The van der Waals surface area contributed by atoms with Crippen LogP contribution in [0.4, 0.5) is 18.0 Å². The number of hydrogen-bond donors (Lipinski definition) is 1. The van der Waals surface area contributed by atoms with Gasteiger partial charge < -0.3 is 19.7 Å². The van der Waals surface area contributed by atoms with Crippen molar-refractivity contribution >= 4 is 12.0 Å². The van der Waals surface area contributed by atoms with Gasteiger partial charge in [0, 0.05) is 19.1 Å². The van der Waals surface area contributed by atoms with Crippen molar-refractivity contribution in [1.82, 2.24) is 10.2 Å². The maximum absolute atomic E-state index is 12.7. The molecule has 0 aromatic heterocycles. The summed E-state index contributed by atoms with van der Waals surface area (Å²) < 4.78 is 48.1. The van der Waals surface area contributed by atoms with Crippen LogP contribution in [0.25, 0.3) is 0 Å². The summed E-state index contributed by atoms with van der Waals surface area (Å²) in [4.78, 5) is 26.3. The van der Waals surface area contributed by atoms with E-state index in [1.54, 1.807) is 23.1 Å². The van der Waals surface area contributed by atoms with Gasteiger partial charge in [-0.25, -0.2) is 9.59 Å². The maximum Gasteiger partial charge on any atom is 0.416 e. The third-order valence-electron chi connectivity index (χ3n) is 5.00. The predicted octanol–water partition coefficient (Wildman–Crippen LogP) is 4.37. The number of ether oxygens (including phenoxy) is 2. The van der Waals surface area contributed by atoms with E-state index in [1.807, 2.05) is 0 Å². The first-order valence-electron chi connectivity index (χ1n) is 9.68. The van der Waals surface area contributed by atoms with Crippen LogP contribution in [0.5, 0.6) is 5.75 Å². The molecule has 6 nitrogen and oxygen atoms in total. The average molecular weight is 436 g/mol. The van der Waals surface area contributed by atoms with Crippen LogP contribution in [0.1, 0.15) is 39.9 Å². The van der Waals surface area contributed by atoms with E-state index >= 15 is 0 Å². The Morgan fingerprint density at radius 3 is 2.26 bits per heavy atom. The first-order valence-corrected chi connectivity index (χ1v) is 9.68. The van der Waals surface area contributed by atoms with Gasteiger partial charge in [-0.05, 0) is 48.2 Å². The Balaban J connectivity index is 1.66. The summed E-state index contributed by atoms with van der Waals surface area (Å²) in [5.74, 6) is -0.184. The highest BCUT2D eigenvalue weighted by Gasteiger charge is 2.33. The Hall–Kier alpha value is -3.23. The highest BCUT2D eigenvalue weighted by Crippen LogP contribution is 2.31. The molecule has 3 rings (SSSR count). The normalized spacial score (nSPS) is 13.5. The first kappa shape index (κ1) is 22.5. The van der Waals surface area contributed by atoms with E-state index in [9.17, 15) is 22.8 Å². The molecule has 1 N–H and O–H groups in total. The monoisotopic (exact) mass is 436 g/mol. The molecule has 31 heavy (non-hydrogen) atoms. The highest BCUT2D eigenvalue weighted by atomic mass is 19.4. The molecule has 9 heteroatoms. The maximum atomic E-state index is 12.7. The molecule has 1 aliphatic carbocycles. The Kier molecular flexibility index (Phi) is 6.72. The number of amides is 2. The van der Waals surface area contributed by atoms with Gasteiger partial charge in [0.1, 0.15) is 11.3 Å². The molecule has 166 valence electrons. The van der Waals surface area contributed by atoms with Crippen LogP contribution < -0.4 is 10.1 Å². The Morgan fingerprint density at radius 2 is 1.71 bits per heavy atom. The molecule has 0 unspecified atom stereocenters. The Bertz CT molecular complexity index is 941. The minimum Gasteiger partial charge on any atom is -0.496 e. The summed E-state index contributed by atoms with van der Waals surface area (Å²) >= 11 is 0. The molecular formula is C22H23F3N2O4. The zero-order chi connectivity index (χ0) is 22.6. The SMILES string of the molecule is COC(=O)c1cc(CNC(=O)N(Cc2ccc(C(F)(F)F)cc2)C2CC2)ccc1OC. The van der Waals surface area contributed by atoms with Crippen molar-refractivity contribution in [3.05, 3.63) is 64.7 Å². The lowest BCUT2D eigenvalue weighted by Gasteiger charge is -2.23. The lowest BCUT2D eigenvalue weighted by Crippen LogP contribution is -2.40. The summed E-state index contributed by atoms with van der Waals surface area (Å²) in [6, 6.07) is 9.48. The fourth-order valence-corrected chi connectivity index (χ4v) is 3.16. The Labute approximate surface area is 177 Å². The number of methoxy groups -OCH3 is 2. The summed E-state index contributed by atoms with van der Waals surface area (Å²) in [7, 11) is 2.71. The van der Waals surface area contributed by atoms with Gasteiger partial charge in [0.05, 0.1) is 19.8 Å². The van der Waals surface area contributed by atoms with Crippen molar-refractivity contribution in [3.63, 3.8) is 0 Å². The summed E-state index contributed by atoms with van der Waals surface area (Å²) in [5, 5.41) is 2.81. The van der Waals surface area contributed by atoms with E-state index in [-0.39, 0.29) is 30.7 Å².